The number of nitrogens with zero attached hydrogens (tertiary/aromatic N) is 5. The van der Waals surface area contributed by atoms with Gasteiger partial charge in [-0.1, -0.05) is 0 Å². The van der Waals surface area contributed by atoms with E-state index < -0.39 is 12.0 Å². The fourth-order valence-electron chi connectivity index (χ4n) is 2.70. The van der Waals surface area contributed by atoms with E-state index >= 15 is 0 Å². The summed E-state index contributed by atoms with van der Waals surface area (Å²) in [4.78, 5) is 13.4. The van der Waals surface area contributed by atoms with Gasteiger partial charge in [-0.15, -0.1) is 15.3 Å². The van der Waals surface area contributed by atoms with Crippen molar-refractivity contribution in [3.05, 3.63) is 17.0 Å². The molecular formula is C14H17F3N6O. The molecule has 10 heteroatoms. The molecule has 1 fully saturated rings. The van der Waals surface area contributed by atoms with Gasteiger partial charge in [-0.25, -0.2) is 0 Å². The average molecular weight is 342 g/mol. The van der Waals surface area contributed by atoms with E-state index in [1.807, 2.05) is 0 Å². The Labute approximate surface area is 135 Å². The third-order valence-corrected chi connectivity index (χ3v) is 4.35. The minimum absolute atomic E-state index is 0.00511. The van der Waals surface area contributed by atoms with Gasteiger partial charge < -0.3 is 10.2 Å². The highest BCUT2D eigenvalue weighted by molar-refractivity contribution is 5.78. The number of halogens is 3. The Morgan fingerprint density at radius 1 is 1.21 bits per heavy atom. The van der Waals surface area contributed by atoms with Crippen molar-refractivity contribution in [2.45, 2.75) is 38.9 Å². The number of rotatable bonds is 2. The molecule has 3 rings (SSSR count). The maximum absolute atomic E-state index is 13.0. The van der Waals surface area contributed by atoms with Crippen molar-refractivity contribution in [3.8, 4) is 0 Å². The standard InChI is InChI=1S/C14H17F3N6O/c1-7-8(2)12-19-20-13(14(15,16)17)23(12)21-11(7)18-9-4-5-22(3)10(24)6-9/h9H,4-6H2,1-3H3,(H,18,21). The zero-order chi connectivity index (χ0) is 17.6. The Hall–Kier alpha value is -2.39. The van der Waals surface area contributed by atoms with Crippen LogP contribution in [0.15, 0.2) is 0 Å². The highest BCUT2D eigenvalue weighted by Gasteiger charge is 2.38. The summed E-state index contributed by atoms with van der Waals surface area (Å²) in [6.07, 6.45) is -3.66. The summed E-state index contributed by atoms with van der Waals surface area (Å²) in [5, 5.41) is 13.9. The fraction of sp³-hybridized carbons (Fsp3) is 0.571. The number of anilines is 1. The number of amides is 1. The van der Waals surface area contributed by atoms with Crippen LogP contribution in [0.4, 0.5) is 19.0 Å². The van der Waals surface area contributed by atoms with E-state index in [0.29, 0.717) is 34.4 Å². The summed E-state index contributed by atoms with van der Waals surface area (Å²) in [5.74, 6) is -0.856. The minimum atomic E-state index is -4.64. The topological polar surface area (TPSA) is 75.4 Å². The largest absolute Gasteiger partial charge is 0.453 e. The maximum Gasteiger partial charge on any atom is 0.453 e. The van der Waals surface area contributed by atoms with Crippen LogP contribution in [-0.4, -0.2) is 50.3 Å². The molecule has 24 heavy (non-hydrogen) atoms. The third kappa shape index (κ3) is 2.76. The lowest BCUT2D eigenvalue weighted by Gasteiger charge is -2.30. The van der Waals surface area contributed by atoms with Gasteiger partial charge in [-0.2, -0.15) is 17.7 Å². The summed E-state index contributed by atoms with van der Waals surface area (Å²) in [6.45, 7) is 4.02. The van der Waals surface area contributed by atoms with E-state index in [2.05, 4.69) is 20.6 Å². The lowest BCUT2D eigenvalue weighted by molar-refractivity contribution is -0.146. The van der Waals surface area contributed by atoms with Crippen LogP contribution in [0.5, 0.6) is 0 Å². The van der Waals surface area contributed by atoms with E-state index in [-0.39, 0.29) is 24.0 Å². The number of nitrogens with one attached hydrogen (secondary N) is 1. The lowest BCUT2D eigenvalue weighted by Crippen LogP contribution is -2.41. The maximum atomic E-state index is 13.0. The number of aromatic nitrogens is 4. The summed E-state index contributed by atoms with van der Waals surface area (Å²) in [5.41, 5.74) is 1.33. The molecule has 1 unspecified atom stereocenters. The van der Waals surface area contributed by atoms with Crippen molar-refractivity contribution >= 4 is 17.4 Å². The second-order valence-corrected chi connectivity index (χ2v) is 6.00. The molecule has 1 amide bonds. The van der Waals surface area contributed by atoms with E-state index in [0.717, 1.165) is 0 Å². The van der Waals surface area contributed by atoms with Crippen molar-refractivity contribution < 1.29 is 18.0 Å². The smallest absolute Gasteiger partial charge is 0.365 e. The van der Waals surface area contributed by atoms with Crippen LogP contribution >= 0.6 is 0 Å². The lowest BCUT2D eigenvalue weighted by atomic mass is 10.0. The van der Waals surface area contributed by atoms with E-state index in [4.69, 9.17) is 0 Å². The number of alkyl halides is 3. The van der Waals surface area contributed by atoms with Crippen LogP contribution in [0.1, 0.15) is 29.8 Å². The number of carbonyl (C=O) groups is 1. The van der Waals surface area contributed by atoms with Crippen LogP contribution in [0.25, 0.3) is 5.65 Å². The first-order chi connectivity index (χ1) is 11.2. The number of hydrogen-bond acceptors (Lipinski definition) is 5. The molecule has 0 saturated carbocycles. The molecule has 2 aromatic heterocycles. The third-order valence-electron chi connectivity index (χ3n) is 4.35. The van der Waals surface area contributed by atoms with Gasteiger partial charge in [0.2, 0.25) is 5.91 Å². The van der Waals surface area contributed by atoms with Crippen LogP contribution in [-0.2, 0) is 11.0 Å². The molecule has 7 nitrogen and oxygen atoms in total. The van der Waals surface area contributed by atoms with Crippen molar-refractivity contribution in [3.63, 3.8) is 0 Å². The van der Waals surface area contributed by atoms with Gasteiger partial charge in [0.15, 0.2) is 11.5 Å². The molecule has 0 aromatic carbocycles. The fourth-order valence-corrected chi connectivity index (χ4v) is 2.70. The first kappa shape index (κ1) is 16.5. The molecule has 0 bridgehead atoms. The van der Waals surface area contributed by atoms with Crippen LogP contribution in [0, 0.1) is 13.8 Å². The number of fused-ring (bicyclic) bond motifs is 1. The van der Waals surface area contributed by atoms with Gasteiger partial charge >= 0.3 is 6.18 Å². The Morgan fingerprint density at radius 2 is 1.92 bits per heavy atom. The molecule has 1 aliphatic heterocycles. The summed E-state index contributed by atoms with van der Waals surface area (Å²) < 4.78 is 39.8. The number of hydrogen-bond donors (Lipinski definition) is 1. The molecule has 0 aliphatic carbocycles. The quantitative estimate of drug-likeness (QED) is 0.901. The zero-order valence-corrected chi connectivity index (χ0v) is 13.5. The molecule has 1 N–H and O–H groups in total. The molecule has 2 aromatic rings. The molecule has 1 saturated heterocycles. The Bertz CT molecular complexity index is 800. The number of aryl methyl sites for hydroxylation is 1. The monoisotopic (exact) mass is 342 g/mol. The molecule has 1 atom stereocenters. The predicted octanol–water partition coefficient (Wildman–Crippen LogP) is 1.79. The predicted molar refractivity (Wildman–Crippen MR) is 79.5 cm³/mol. The second kappa shape index (κ2) is 5.60. The van der Waals surface area contributed by atoms with Crippen molar-refractivity contribution in [2.75, 3.05) is 18.9 Å². The van der Waals surface area contributed by atoms with E-state index in [1.54, 1.807) is 25.8 Å². The number of carbonyl (C=O) groups excluding carboxylic acids is 1. The minimum Gasteiger partial charge on any atom is -0.365 e. The van der Waals surface area contributed by atoms with Crippen LogP contribution < -0.4 is 5.32 Å². The highest BCUT2D eigenvalue weighted by Crippen LogP contribution is 2.30. The highest BCUT2D eigenvalue weighted by atomic mass is 19.4. The average Bonchev–Trinajstić information content (AvgIpc) is 2.92. The zero-order valence-electron chi connectivity index (χ0n) is 13.5. The molecule has 0 radical (unpaired) electrons. The van der Waals surface area contributed by atoms with Crippen molar-refractivity contribution in [1.29, 1.82) is 0 Å². The van der Waals surface area contributed by atoms with Gasteiger partial charge in [0.1, 0.15) is 0 Å². The van der Waals surface area contributed by atoms with E-state index in [1.165, 1.54) is 0 Å². The Kier molecular flexibility index (Phi) is 3.84. The van der Waals surface area contributed by atoms with E-state index in [9.17, 15) is 18.0 Å². The Balaban J connectivity index is 1.99. The SMILES string of the molecule is Cc1c(NC2CCN(C)C(=O)C2)nn2c(C(F)(F)F)nnc2c1C. The summed E-state index contributed by atoms with van der Waals surface area (Å²) in [7, 11) is 1.73. The van der Waals surface area contributed by atoms with Gasteiger partial charge in [0, 0.05) is 31.6 Å². The van der Waals surface area contributed by atoms with Gasteiger partial charge in [0.05, 0.1) is 0 Å². The molecule has 1 aliphatic rings. The Morgan fingerprint density at radius 3 is 2.54 bits per heavy atom. The van der Waals surface area contributed by atoms with Crippen molar-refractivity contribution in [1.82, 2.24) is 24.7 Å². The van der Waals surface area contributed by atoms with Gasteiger partial charge in [-0.3, -0.25) is 4.79 Å². The van der Waals surface area contributed by atoms with Crippen LogP contribution in [0.2, 0.25) is 0 Å². The van der Waals surface area contributed by atoms with Crippen molar-refractivity contribution in [2.24, 2.45) is 0 Å². The van der Waals surface area contributed by atoms with Crippen LogP contribution in [0.3, 0.4) is 0 Å². The first-order valence-corrected chi connectivity index (χ1v) is 7.48. The normalized spacial score (nSPS) is 19.2. The second-order valence-electron chi connectivity index (χ2n) is 6.00. The molecule has 130 valence electrons. The first-order valence-electron chi connectivity index (χ1n) is 7.48. The summed E-state index contributed by atoms with van der Waals surface area (Å²) >= 11 is 0. The number of likely N-dealkylation sites (tertiary alicyclic amines) is 1. The van der Waals surface area contributed by atoms with Gasteiger partial charge in [-0.05, 0) is 25.8 Å². The summed E-state index contributed by atoms with van der Waals surface area (Å²) in [6, 6.07) is -0.164. The molecular weight excluding hydrogens is 325 g/mol. The van der Waals surface area contributed by atoms with Gasteiger partial charge in [0.25, 0.3) is 5.82 Å². The molecule has 0 spiro atoms. The number of piperidine rings is 1. The molecule has 3 heterocycles.